The lowest BCUT2D eigenvalue weighted by molar-refractivity contribution is 0.0335. The number of nitrogens with zero attached hydrogens (tertiary/aromatic N) is 3. The number of ether oxygens (including phenoxy) is 2. The molecule has 194 valence electrons. The summed E-state index contributed by atoms with van der Waals surface area (Å²) in [6.07, 6.45) is 5.38. The van der Waals surface area contributed by atoms with Crippen LogP contribution in [0.5, 0.6) is 11.5 Å². The van der Waals surface area contributed by atoms with Crippen LogP contribution in [-0.2, 0) is 11.2 Å². The summed E-state index contributed by atoms with van der Waals surface area (Å²) < 4.78 is 32.4. The molecule has 5 rings (SSSR count). The maximum absolute atomic E-state index is 15.4. The number of benzene rings is 2. The molecule has 1 atom stereocenters. The van der Waals surface area contributed by atoms with Crippen molar-refractivity contribution in [2.45, 2.75) is 19.8 Å². The number of halogens is 3. The van der Waals surface area contributed by atoms with E-state index in [4.69, 9.17) is 42.8 Å². The van der Waals surface area contributed by atoms with Crippen molar-refractivity contribution < 1.29 is 18.3 Å². The van der Waals surface area contributed by atoms with Gasteiger partial charge in [0.15, 0.2) is 11.6 Å². The summed E-state index contributed by atoms with van der Waals surface area (Å²) in [6, 6.07) is 7.77. The minimum atomic E-state index is -0.621. The lowest BCUT2D eigenvalue weighted by Gasteiger charge is -2.30. The van der Waals surface area contributed by atoms with Crippen molar-refractivity contribution in [1.29, 1.82) is 0 Å². The SMILES string of the molecule is CC1=CC(CN2CCOCC2)CC=C1c1nnc(Cc2ccc(Cl)c(Oc3cc(N)cc(Cl)c3)c2F)o1. The van der Waals surface area contributed by atoms with Crippen LogP contribution in [0.2, 0.25) is 10.0 Å². The van der Waals surface area contributed by atoms with Crippen molar-refractivity contribution in [3.05, 3.63) is 81.3 Å². The zero-order chi connectivity index (χ0) is 25.9. The fourth-order valence-electron chi connectivity index (χ4n) is 4.60. The molecule has 0 bridgehead atoms. The molecule has 2 N–H and O–H groups in total. The van der Waals surface area contributed by atoms with Crippen molar-refractivity contribution in [1.82, 2.24) is 15.1 Å². The van der Waals surface area contributed by atoms with Crippen LogP contribution in [0.1, 0.15) is 30.7 Å². The molecule has 1 aliphatic carbocycles. The van der Waals surface area contributed by atoms with Gasteiger partial charge in [-0.1, -0.05) is 41.4 Å². The van der Waals surface area contributed by atoms with Crippen LogP contribution in [0.15, 0.2) is 52.5 Å². The van der Waals surface area contributed by atoms with Gasteiger partial charge in [0.05, 0.1) is 24.7 Å². The number of aromatic nitrogens is 2. The van der Waals surface area contributed by atoms with E-state index in [1.165, 1.54) is 12.1 Å². The standard InChI is InChI=1S/C27H27Cl2FN4O3/c1-16-10-17(15-34-6-8-35-9-7-34)2-4-22(16)27-33-32-24(37-27)11-18-3-5-23(29)26(25(18)30)36-21-13-19(28)12-20(31)14-21/h3-5,10,12-14,17H,2,6-9,11,15,31H2,1H3. The molecular weight excluding hydrogens is 518 g/mol. The van der Waals surface area contributed by atoms with Crippen LogP contribution in [0.25, 0.3) is 5.57 Å². The number of morpholine rings is 1. The molecule has 0 amide bonds. The van der Waals surface area contributed by atoms with Crippen molar-refractivity contribution in [3.8, 4) is 11.5 Å². The molecule has 10 heteroatoms. The van der Waals surface area contributed by atoms with E-state index in [-0.39, 0.29) is 22.9 Å². The molecule has 0 saturated carbocycles. The Labute approximate surface area is 224 Å². The molecule has 1 saturated heterocycles. The normalized spacial score (nSPS) is 18.4. The van der Waals surface area contributed by atoms with E-state index in [0.29, 0.717) is 34.0 Å². The average Bonchev–Trinajstić information content (AvgIpc) is 3.32. The number of nitrogens with two attached hydrogens (primary N) is 1. The van der Waals surface area contributed by atoms with Gasteiger partial charge in [0.25, 0.3) is 0 Å². The van der Waals surface area contributed by atoms with Crippen LogP contribution in [0, 0.1) is 11.7 Å². The highest BCUT2D eigenvalue weighted by atomic mass is 35.5. The summed E-state index contributed by atoms with van der Waals surface area (Å²) in [7, 11) is 0. The van der Waals surface area contributed by atoms with E-state index in [1.54, 1.807) is 18.2 Å². The van der Waals surface area contributed by atoms with Crippen LogP contribution >= 0.6 is 23.2 Å². The molecule has 0 spiro atoms. The molecule has 1 aliphatic heterocycles. The summed E-state index contributed by atoms with van der Waals surface area (Å²) in [6.45, 7) is 6.56. The zero-order valence-corrected chi connectivity index (χ0v) is 21.9. The van der Waals surface area contributed by atoms with Crippen LogP contribution in [0.4, 0.5) is 10.1 Å². The van der Waals surface area contributed by atoms with Crippen molar-refractivity contribution in [2.24, 2.45) is 5.92 Å². The Kier molecular flexibility index (Phi) is 7.81. The van der Waals surface area contributed by atoms with E-state index in [2.05, 4.69) is 27.2 Å². The van der Waals surface area contributed by atoms with Gasteiger partial charge in [-0.2, -0.15) is 0 Å². The van der Waals surface area contributed by atoms with Crippen LogP contribution in [0.3, 0.4) is 0 Å². The third kappa shape index (κ3) is 6.15. The monoisotopic (exact) mass is 544 g/mol. The van der Waals surface area contributed by atoms with Gasteiger partial charge in [0, 0.05) is 47.5 Å². The molecule has 1 aromatic heterocycles. The van der Waals surface area contributed by atoms with Gasteiger partial charge in [-0.25, -0.2) is 4.39 Å². The summed E-state index contributed by atoms with van der Waals surface area (Å²) in [5.41, 5.74) is 8.51. The Hall–Kier alpha value is -2.91. The fraction of sp³-hybridized carbons (Fsp3) is 0.333. The van der Waals surface area contributed by atoms with E-state index in [0.717, 1.165) is 50.4 Å². The third-order valence-electron chi connectivity index (χ3n) is 6.41. The van der Waals surface area contributed by atoms with Crippen LogP contribution < -0.4 is 10.5 Å². The molecule has 2 aromatic carbocycles. The summed E-state index contributed by atoms with van der Waals surface area (Å²) in [5.74, 6) is 0.680. The van der Waals surface area contributed by atoms with Gasteiger partial charge in [0.1, 0.15) is 5.75 Å². The Balaban J connectivity index is 1.28. The van der Waals surface area contributed by atoms with Crippen molar-refractivity contribution in [2.75, 3.05) is 38.6 Å². The third-order valence-corrected chi connectivity index (χ3v) is 6.93. The Bertz CT molecular complexity index is 1330. The number of hydrogen-bond acceptors (Lipinski definition) is 7. The second-order valence-corrected chi connectivity index (χ2v) is 10.1. The van der Waals surface area contributed by atoms with E-state index >= 15 is 4.39 Å². The fourth-order valence-corrected chi connectivity index (χ4v) is 5.02. The number of allylic oxidation sites excluding steroid dienone is 3. The topological polar surface area (TPSA) is 86.6 Å². The lowest BCUT2D eigenvalue weighted by atomic mass is 9.90. The number of hydrogen-bond donors (Lipinski definition) is 1. The maximum atomic E-state index is 15.4. The first-order valence-electron chi connectivity index (χ1n) is 12.1. The largest absolute Gasteiger partial charge is 0.453 e. The molecule has 37 heavy (non-hydrogen) atoms. The number of nitrogen functional groups attached to an aromatic ring is 1. The molecular formula is C27H27Cl2FN4O3. The van der Waals surface area contributed by atoms with Crippen LogP contribution in [-0.4, -0.2) is 47.9 Å². The Morgan fingerprint density at radius 3 is 2.73 bits per heavy atom. The first-order chi connectivity index (χ1) is 17.9. The number of anilines is 1. The maximum Gasteiger partial charge on any atom is 0.247 e. The molecule has 1 fully saturated rings. The quantitative estimate of drug-likeness (QED) is 0.356. The average molecular weight is 545 g/mol. The molecule has 2 aliphatic rings. The first kappa shape index (κ1) is 25.7. The molecule has 2 heterocycles. The Morgan fingerprint density at radius 2 is 1.97 bits per heavy atom. The highest BCUT2D eigenvalue weighted by Crippen LogP contribution is 2.36. The zero-order valence-electron chi connectivity index (χ0n) is 20.3. The minimum absolute atomic E-state index is 0.0831. The molecule has 1 unspecified atom stereocenters. The smallest absolute Gasteiger partial charge is 0.247 e. The predicted molar refractivity (Wildman–Crippen MR) is 142 cm³/mol. The van der Waals surface area contributed by atoms with E-state index < -0.39 is 5.82 Å². The van der Waals surface area contributed by atoms with E-state index in [1.807, 2.05) is 6.92 Å². The minimum Gasteiger partial charge on any atom is -0.453 e. The first-order valence-corrected chi connectivity index (χ1v) is 12.8. The molecule has 7 nitrogen and oxygen atoms in total. The van der Waals surface area contributed by atoms with Crippen molar-refractivity contribution in [3.63, 3.8) is 0 Å². The van der Waals surface area contributed by atoms with Crippen molar-refractivity contribution >= 4 is 34.5 Å². The molecule has 0 radical (unpaired) electrons. The Morgan fingerprint density at radius 1 is 1.16 bits per heavy atom. The predicted octanol–water partition coefficient (Wildman–Crippen LogP) is 6.16. The lowest BCUT2D eigenvalue weighted by Crippen LogP contribution is -2.39. The van der Waals surface area contributed by atoms with Gasteiger partial charge in [-0.3, -0.25) is 4.90 Å². The van der Waals surface area contributed by atoms with Gasteiger partial charge in [-0.15, -0.1) is 10.2 Å². The van der Waals surface area contributed by atoms with Gasteiger partial charge in [-0.05, 0) is 43.0 Å². The molecule has 3 aromatic rings. The van der Waals surface area contributed by atoms with Gasteiger partial charge >= 0.3 is 0 Å². The highest BCUT2D eigenvalue weighted by molar-refractivity contribution is 6.32. The summed E-state index contributed by atoms with van der Waals surface area (Å²) in [5, 5.41) is 8.86. The van der Waals surface area contributed by atoms with Gasteiger partial charge in [0.2, 0.25) is 11.8 Å². The summed E-state index contributed by atoms with van der Waals surface area (Å²) in [4.78, 5) is 2.43. The second-order valence-electron chi connectivity index (χ2n) is 9.23. The summed E-state index contributed by atoms with van der Waals surface area (Å²) >= 11 is 12.3. The number of rotatable bonds is 7. The second kappa shape index (κ2) is 11.2. The van der Waals surface area contributed by atoms with Gasteiger partial charge < -0.3 is 19.6 Å². The highest BCUT2D eigenvalue weighted by Gasteiger charge is 2.23. The van der Waals surface area contributed by atoms with E-state index in [9.17, 15) is 0 Å².